The summed E-state index contributed by atoms with van der Waals surface area (Å²) in [5.74, 6) is 0.691. The van der Waals surface area contributed by atoms with Gasteiger partial charge in [-0.05, 0) is 25.7 Å². The van der Waals surface area contributed by atoms with E-state index in [2.05, 4.69) is 10.3 Å². The third-order valence-electron chi connectivity index (χ3n) is 2.50. The highest BCUT2D eigenvalue weighted by Crippen LogP contribution is 2.15. The van der Waals surface area contributed by atoms with Gasteiger partial charge in [-0.25, -0.2) is 0 Å². The molecule has 0 aromatic carbocycles. The summed E-state index contributed by atoms with van der Waals surface area (Å²) in [4.78, 5) is 4.19. The van der Waals surface area contributed by atoms with E-state index in [9.17, 15) is 0 Å². The van der Waals surface area contributed by atoms with Crippen LogP contribution in [0.25, 0.3) is 0 Å². The van der Waals surface area contributed by atoms with Crippen molar-refractivity contribution in [2.45, 2.75) is 19.8 Å². The Labute approximate surface area is 83.7 Å². The van der Waals surface area contributed by atoms with Crippen LogP contribution in [0.4, 0.5) is 6.01 Å². The van der Waals surface area contributed by atoms with E-state index in [1.807, 2.05) is 6.92 Å². The van der Waals surface area contributed by atoms with Crippen LogP contribution in [0.3, 0.4) is 0 Å². The molecule has 0 amide bonds. The molecule has 0 spiro atoms. The molecular weight excluding hydrogens is 180 g/mol. The highest BCUT2D eigenvalue weighted by atomic mass is 16.5. The smallest absolute Gasteiger partial charge is 0.294 e. The maximum Gasteiger partial charge on any atom is 0.294 e. The first-order valence-electron chi connectivity index (χ1n) is 5.08. The predicted molar refractivity (Wildman–Crippen MR) is 53.3 cm³/mol. The molecule has 2 rings (SSSR count). The van der Waals surface area contributed by atoms with Crippen LogP contribution in [-0.4, -0.2) is 24.7 Å². The quantitative estimate of drug-likeness (QED) is 0.801. The van der Waals surface area contributed by atoms with Crippen LogP contribution in [-0.2, 0) is 4.74 Å². The second-order valence-corrected chi connectivity index (χ2v) is 3.73. The lowest BCUT2D eigenvalue weighted by atomic mass is 10.0. The van der Waals surface area contributed by atoms with Crippen molar-refractivity contribution in [1.29, 1.82) is 0 Å². The van der Waals surface area contributed by atoms with Crippen molar-refractivity contribution in [3.05, 3.63) is 12.0 Å². The van der Waals surface area contributed by atoms with Crippen molar-refractivity contribution in [3.8, 4) is 0 Å². The van der Waals surface area contributed by atoms with E-state index in [0.29, 0.717) is 11.9 Å². The van der Waals surface area contributed by atoms with E-state index in [1.54, 1.807) is 6.26 Å². The minimum absolute atomic E-state index is 0.633. The molecule has 1 N–H and O–H groups in total. The number of aryl methyl sites for hydroxylation is 1. The topological polar surface area (TPSA) is 47.3 Å². The molecule has 14 heavy (non-hydrogen) atoms. The zero-order valence-electron chi connectivity index (χ0n) is 8.45. The first kappa shape index (κ1) is 9.52. The molecule has 0 bridgehead atoms. The number of rotatable bonds is 3. The van der Waals surface area contributed by atoms with Crippen molar-refractivity contribution in [3.63, 3.8) is 0 Å². The van der Waals surface area contributed by atoms with Crippen LogP contribution in [0.5, 0.6) is 0 Å². The van der Waals surface area contributed by atoms with Gasteiger partial charge in [0.1, 0.15) is 6.26 Å². The molecule has 0 aliphatic carbocycles. The second kappa shape index (κ2) is 4.46. The molecule has 0 unspecified atom stereocenters. The van der Waals surface area contributed by atoms with Crippen LogP contribution in [0.1, 0.15) is 18.5 Å². The normalized spacial score (nSPS) is 18.4. The lowest BCUT2D eigenvalue weighted by molar-refractivity contribution is 0.0698. The van der Waals surface area contributed by atoms with Crippen molar-refractivity contribution in [2.24, 2.45) is 5.92 Å². The van der Waals surface area contributed by atoms with Crippen LogP contribution >= 0.6 is 0 Å². The van der Waals surface area contributed by atoms with Crippen molar-refractivity contribution >= 4 is 6.01 Å². The summed E-state index contributed by atoms with van der Waals surface area (Å²) >= 11 is 0. The Morgan fingerprint density at radius 3 is 2.93 bits per heavy atom. The molecule has 0 radical (unpaired) electrons. The number of nitrogens with zero attached hydrogens (tertiary/aromatic N) is 1. The monoisotopic (exact) mass is 196 g/mol. The summed E-state index contributed by atoms with van der Waals surface area (Å²) in [5, 5.41) is 3.20. The maximum absolute atomic E-state index is 5.29. The standard InChI is InChI=1S/C10H16N2O2/c1-8-7-14-10(12-8)11-6-9-2-4-13-5-3-9/h7,9H,2-6H2,1H3,(H,11,12). The van der Waals surface area contributed by atoms with Gasteiger partial charge in [0.15, 0.2) is 0 Å². The third-order valence-corrected chi connectivity index (χ3v) is 2.50. The zero-order chi connectivity index (χ0) is 9.80. The SMILES string of the molecule is Cc1coc(NCC2CCOCC2)n1. The van der Waals surface area contributed by atoms with Gasteiger partial charge in [0, 0.05) is 19.8 Å². The minimum Gasteiger partial charge on any atom is -0.432 e. The Morgan fingerprint density at radius 2 is 2.29 bits per heavy atom. The van der Waals surface area contributed by atoms with Gasteiger partial charge in [0.25, 0.3) is 6.01 Å². The van der Waals surface area contributed by atoms with Gasteiger partial charge in [-0.3, -0.25) is 0 Å². The molecule has 1 aromatic heterocycles. The maximum atomic E-state index is 5.29. The van der Waals surface area contributed by atoms with E-state index in [4.69, 9.17) is 9.15 Å². The summed E-state index contributed by atoms with van der Waals surface area (Å²) in [5.41, 5.74) is 0.916. The first-order chi connectivity index (χ1) is 6.84. The van der Waals surface area contributed by atoms with E-state index in [1.165, 1.54) is 0 Å². The molecule has 1 aliphatic heterocycles. The van der Waals surface area contributed by atoms with Crippen LogP contribution in [0.2, 0.25) is 0 Å². The number of hydrogen-bond acceptors (Lipinski definition) is 4. The number of ether oxygens (including phenoxy) is 1. The minimum atomic E-state index is 0.633. The summed E-state index contributed by atoms with van der Waals surface area (Å²) in [7, 11) is 0. The molecule has 1 fully saturated rings. The zero-order valence-corrected chi connectivity index (χ0v) is 8.45. The molecule has 0 atom stereocenters. The summed E-state index contributed by atoms with van der Waals surface area (Å²) in [6.45, 7) is 4.63. The van der Waals surface area contributed by atoms with Gasteiger partial charge in [0.05, 0.1) is 5.69 Å². The van der Waals surface area contributed by atoms with E-state index in [-0.39, 0.29) is 0 Å². The third kappa shape index (κ3) is 2.48. The lowest BCUT2D eigenvalue weighted by Gasteiger charge is -2.21. The molecule has 4 heteroatoms. The van der Waals surface area contributed by atoms with Gasteiger partial charge in [-0.15, -0.1) is 0 Å². The van der Waals surface area contributed by atoms with E-state index in [0.717, 1.165) is 38.3 Å². The molecule has 78 valence electrons. The number of anilines is 1. The van der Waals surface area contributed by atoms with Gasteiger partial charge >= 0.3 is 0 Å². The molecule has 1 aliphatic rings. The number of hydrogen-bond donors (Lipinski definition) is 1. The fraction of sp³-hybridized carbons (Fsp3) is 0.700. The van der Waals surface area contributed by atoms with Crippen molar-refractivity contribution in [1.82, 2.24) is 4.98 Å². The summed E-state index contributed by atoms with van der Waals surface area (Å²) in [6.07, 6.45) is 3.92. The van der Waals surface area contributed by atoms with Gasteiger partial charge in [0.2, 0.25) is 0 Å². The van der Waals surface area contributed by atoms with Gasteiger partial charge < -0.3 is 14.5 Å². The molecule has 2 heterocycles. The Morgan fingerprint density at radius 1 is 1.50 bits per heavy atom. The largest absolute Gasteiger partial charge is 0.432 e. The van der Waals surface area contributed by atoms with Crippen LogP contribution in [0.15, 0.2) is 10.7 Å². The summed E-state index contributed by atoms with van der Waals surface area (Å²) < 4.78 is 10.5. The average Bonchev–Trinajstić information content (AvgIpc) is 2.63. The second-order valence-electron chi connectivity index (χ2n) is 3.73. The Hall–Kier alpha value is -1.03. The van der Waals surface area contributed by atoms with E-state index < -0.39 is 0 Å². The highest BCUT2D eigenvalue weighted by Gasteiger charge is 2.13. The summed E-state index contributed by atoms with van der Waals surface area (Å²) in [6, 6.07) is 0.633. The number of nitrogens with one attached hydrogen (secondary N) is 1. The lowest BCUT2D eigenvalue weighted by Crippen LogP contribution is -2.22. The Kier molecular flexibility index (Phi) is 3.03. The molecule has 1 saturated heterocycles. The molecule has 1 aromatic rings. The Bertz CT molecular complexity index is 279. The van der Waals surface area contributed by atoms with Crippen molar-refractivity contribution in [2.75, 3.05) is 25.1 Å². The fourth-order valence-electron chi connectivity index (χ4n) is 1.62. The van der Waals surface area contributed by atoms with Crippen LogP contribution < -0.4 is 5.32 Å². The van der Waals surface area contributed by atoms with Crippen LogP contribution in [0, 0.1) is 12.8 Å². The fourth-order valence-corrected chi connectivity index (χ4v) is 1.62. The molecule has 4 nitrogen and oxygen atoms in total. The first-order valence-corrected chi connectivity index (χ1v) is 5.08. The van der Waals surface area contributed by atoms with Crippen molar-refractivity contribution < 1.29 is 9.15 Å². The number of oxazole rings is 1. The average molecular weight is 196 g/mol. The molecular formula is C10H16N2O2. The highest BCUT2D eigenvalue weighted by molar-refractivity contribution is 5.20. The van der Waals surface area contributed by atoms with Gasteiger partial charge in [-0.1, -0.05) is 0 Å². The van der Waals surface area contributed by atoms with E-state index >= 15 is 0 Å². The predicted octanol–water partition coefficient (Wildman–Crippen LogP) is 1.82. The van der Waals surface area contributed by atoms with Gasteiger partial charge in [-0.2, -0.15) is 4.98 Å². The number of aromatic nitrogens is 1. The Balaban J connectivity index is 1.76. The molecule has 0 saturated carbocycles.